The molecule has 1 aliphatic heterocycles. The molecule has 0 bridgehead atoms. The molecular weight excluding hydrogens is 214 g/mol. The van der Waals surface area contributed by atoms with Gasteiger partial charge in [-0.2, -0.15) is 5.10 Å². The van der Waals surface area contributed by atoms with Crippen molar-refractivity contribution in [1.82, 2.24) is 14.7 Å². The first kappa shape index (κ1) is 12.1. The van der Waals surface area contributed by atoms with Crippen LogP contribution in [0.15, 0.2) is 12.3 Å². The van der Waals surface area contributed by atoms with Gasteiger partial charge in [0.05, 0.1) is 0 Å². The molecule has 4 nitrogen and oxygen atoms in total. The predicted molar refractivity (Wildman–Crippen MR) is 66.7 cm³/mol. The Morgan fingerprint density at radius 1 is 1.41 bits per heavy atom. The second-order valence-corrected chi connectivity index (χ2v) is 5.21. The minimum absolute atomic E-state index is 0.0793. The molecule has 94 valence electrons. The summed E-state index contributed by atoms with van der Waals surface area (Å²) < 4.78 is 1.80. The number of carbonyl (C=O) groups excluding carboxylic acids is 1. The number of nitrogens with zero attached hydrogens (tertiary/aromatic N) is 3. The largest absolute Gasteiger partial charge is 0.337 e. The number of aromatic nitrogens is 2. The van der Waals surface area contributed by atoms with Crippen LogP contribution in [-0.2, 0) is 6.54 Å². The third-order valence-electron chi connectivity index (χ3n) is 3.34. The molecule has 0 N–H and O–H groups in total. The van der Waals surface area contributed by atoms with Crippen LogP contribution in [0.4, 0.5) is 0 Å². The van der Waals surface area contributed by atoms with Gasteiger partial charge in [0.1, 0.15) is 5.69 Å². The molecule has 1 aromatic rings. The van der Waals surface area contributed by atoms with Crippen molar-refractivity contribution in [2.24, 2.45) is 11.8 Å². The maximum absolute atomic E-state index is 12.3. The molecular formula is C13H21N3O. The number of hydrogen-bond acceptors (Lipinski definition) is 2. The van der Waals surface area contributed by atoms with E-state index in [-0.39, 0.29) is 5.91 Å². The van der Waals surface area contributed by atoms with Gasteiger partial charge in [0.15, 0.2) is 0 Å². The van der Waals surface area contributed by atoms with Gasteiger partial charge >= 0.3 is 0 Å². The van der Waals surface area contributed by atoms with E-state index in [2.05, 4.69) is 18.9 Å². The van der Waals surface area contributed by atoms with Crippen molar-refractivity contribution in [3.63, 3.8) is 0 Å². The lowest BCUT2D eigenvalue weighted by atomic mass is 9.92. The van der Waals surface area contributed by atoms with Gasteiger partial charge in [-0.1, -0.05) is 13.8 Å². The fourth-order valence-electron chi connectivity index (χ4n) is 2.64. The van der Waals surface area contributed by atoms with Crippen molar-refractivity contribution < 1.29 is 4.79 Å². The number of hydrogen-bond donors (Lipinski definition) is 0. The molecule has 0 spiro atoms. The van der Waals surface area contributed by atoms with E-state index >= 15 is 0 Å². The number of likely N-dealkylation sites (tertiary alicyclic amines) is 1. The van der Waals surface area contributed by atoms with Crippen LogP contribution in [0.1, 0.15) is 37.7 Å². The highest BCUT2D eigenvalue weighted by Crippen LogP contribution is 2.22. The standard InChI is InChI=1S/C13H21N3O/c1-4-16-6-5-12(14-16)13(17)15-8-10(2)7-11(3)9-15/h5-6,10-11H,4,7-9H2,1-3H3/t10-,11-/m0/s1. The van der Waals surface area contributed by atoms with Crippen LogP contribution in [0.25, 0.3) is 0 Å². The summed E-state index contributed by atoms with van der Waals surface area (Å²) in [6.07, 6.45) is 3.08. The van der Waals surface area contributed by atoms with Gasteiger partial charge in [-0.05, 0) is 31.2 Å². The monoisotopic (exact) mass is 235 g/mol. The minimum atomic E-state index is 0.0793. The summed E-state index contributed by atoms with van der Waals surface area (Å²) in [4.78, 5) is 14.2. The highest BCUT2D eigenvalue weighted by molar-refractivity contribution is 5.92. The molecule has 17 heavy (non-hydrogen) atoms. The maximum Gasteiger partial charge on any atom is 0.274 e. The lowest BCUT2D eigenvalue weighted by Gasteiger charge is -2.34. The third kappa shape index (κ3) is 2.68. The highest BCUT2D eigenvalue weighted by Gasteiger charge is 2.27. The summed E-state index contributed by atoms with van der Waals surface area (Å²) in [5.74, 6) is 1.27. The van der Waals surface area contributed by atoms with Crippen molar-refractivity contribution >= 4 is 5.91 Å². The highest BCUT2D eigenvalue weighted by atomic mass is 16.2. The molecule has 0 radical (unpaired) electrons. The molecule has 1 amide bonds. The maximum atomic E-state index is 12.3. The zero-order chi connectivity index (χ0) is 12.4. The Balaban J connectivity index is 2.08. The smallest absolute Gasteiger partial charge is 0.274 e. The van der Waals surface area contributed by atoms with E-state index in [9.17, 15) is 4.79 Å². The van der Waals surface area contributed by atoms with Gasteiger partial charge in [-0.15, -0.1) is 0 Å². The molecule has 0 saturated carbocycles. The molecule has 1 saturated heterocycles. The van der Waals surface area contributed by atoms with E-state index in [1.54, 1.807) is 4.68 Å². The summed E-state index contributed by atoms with van der Waals surface area (Å²) in [5, 5.41) is 4.28. The minimum Gasteiger partial charge on any atom is -0.337 e. The molecule has 0 unspecified atom stereocenters. The number of rotatable bonds is 2. The Morgan fingerprint density at radius 2 is 2.06 bits per heavy atom. The Labute approximate surface area is 103 Å². The average Bonchev–Trinajstić information content (AvgIpc) is 2.75. The molecule has 2 atom stereocenters. The first-order valence-corrected chi connectivity index (χ1v) is 6.43. The van der Waals surface area contributed by atoms with Gasteiger partial charge in [0.25, 0.3) is 5.91 Å². The lowest BCUT2D eigenvalue weighted by Crippen LogP contribution is -2.42. The van der Waals surface area contributed by atoms with Crippen LogP contribution in [-0.4, -0.2) is 33.7 Å². The van der Waals surface area contributed by atoms with Gasteiger partial charge in [-0.25, -0.2) is 0 Å². The normalized spacial score (nSPS) is 25.0. The number of piperidine rings is 1. The second kappa shape index (κ2) is 4.90. The van der Waals surface area contributed by atoms with Crippen molar-refractivity contribution in [1.29, 1.82) is 0 Å². The fraction of sp³-hybridized carbons (Fsp3) is 0.692. The van der Waals surface area contributed by atoms with E-state index in [1.165, 1.54) is 6.42 Å². The van der Waals surface area contributed by atoms with Crippen LogP contribution in [0.2, 0.25) is 0 Å². The van der Waals surface area contributed by atoms with Crippen LogP contribution >= 0.6 is 0 Å². The molecule has 2 heterocycles. The van der Waals surface area contributed by atoms with E-state index in [0.717, 1.165) is 19.6 Å². The summed E-state index contributed by atoms with van der Waals surface area (Å²) in [6.45, 7) is 8.97. The molecule has 1 aliphatic rings. The van der Waals surface area contributed by atoms with E-state index < -0.39 is 0 Å². The van der Waals surface area contributed by atoms with Gasteiger partial charge in [-0.3, -0.25) is 9.48 Å². The van der Waals surface area contributed by atoms with E-state index in [1.807, 2.05) is 24.1 Å². The summed E-state index contributed by atoms with van der Waals surface area (Å²) >= 11 is 0. The molecule has 1 aromatic heterocycles. The van der Waals surface area contributed by atoms with Crippen LogP contribution in [0.5, 0.6) is 0 Å². The number of aryl methyl sites for hydroxylation is 1. The second-order valence-electron chi connectivity index (χ2n) is 5.21. The quantitative estimate of drug-likeness (QED) is 0.786. The van der Waals surface area contributed by atoms with Crippen LogP contribution in [0.3, 0.4) is 0 Å². The first-order valence-electron chi connectivity index (χ1n) is 6.43. The number of amides is 1. The van der Waals surface area contributed by atoms with Crippen molar-refractivity contribution in [2.75, 3.05) is 13.1 Å². The fourth-order valence-corrected chi connectivity index (χ4v) is 2.64. The zero-order valence-corrected chi connectivity index (χ0v) is 10.9. The van der Waals surface area contributed by atoms with Crippen LogP contribution < -0.4 is 0 Å². The van der Waals surface area contributed by atoms with E-state index in [4.69, 9.17) is 0 Å². The molecule has 0 aromatic carbocycles. The van der Waals surface area contributed by atoms with Gasteiger partial charge in [0.2, 0.25) is 0 Å². The van der Waals surface area contributed by atoms with Gasteiger partial charge in [0, 0.05) is 25.8 Å². The zero-order valence-electron chi connectivity index (χ0n) is 10.9. The van der Waals surface area contributed by atoms with E-state index in [0.29, 0.717) is 17.5 Å². The van der Waals surface area contributed by atoms with Gasteiger partial charge < -0.3 is 4.90 Å². The average molecular weight is 235 g/mol. The summed E-state index contributed by atoms with van der Waals surface area (Å²) in [7, 11) is 0. The van der Waals surface area contributed by atoms with Crippen molar-refractivity contribution in [2.45, 2.75) is 33.7 Å². The van der Waals surface area contributed by atoms with Crippen molar-refractivity contribution in [3.8, 4) is 0 Å². The van der Waals surface area contributed by atoms with Crippen molar-refractivity contribution in [3.05, 3.63) is 18.0 Å². The third-order valence-corrected chi connectivity index (χ3v) is 3.34. The lowest BCUT2D eigenvalue weighted by molar-refractivity contribution is 0.0616. The molecule has 2 rings (SSSR count). The predicted octanol–water partition coefficient (Wildman–Crippen LogP) is 2.02. The Bertz CT molecular complexity index is 389. The Hall–Kier alpha value is -1.32. The summed E-state index contributed by atoms with van der Waals surface area (Å²) in [5.41, 5.74) is 0.577. The SMILES string of the molecule is CCn1ccc(C(=O)N2C[C@@H](C)C[C@H](C)C2)n1. The Kier molecular flexibility index (Phi) is 3.50. The molecule has 0 aliphatic carbocycles. The topological polar surface area (TPSA) is 38.1 Å². The summed E-state index contributed by atoms with van der Waals surface area (Å²) in [6, 6.07) is 1.82. The molecule has 4 heteroatoms. The molecule has 1 fully saturated rings. The Morgan fingerprint density at radius 3 is 2.59 bits per heavy atom. The first-order chi connectivity index (χ1) is 8.10. The van der Waals surface area contributed by atoms with Crippen LogP contribution in [0, 0.1) is 11.8 Å². The number of carbonyl (C=O) groups is 1.